The SMILES string of the molecule is CCCCN1CC=C[C@]23S[C@H]4C=CCN(C)C(=O)[C@H]4[C@H]2C(=O)N([C@H](CO)c2ccccc2)C3C1=O. The number of unbranched alkanes of at least 4 members (excludes halogenated alkanes) is 1. The summed E-state index contributed by atoms with van der Waals surface area (Å²) in [6, 6.07) is 7.95. The van der Waals surface area contributed by atoms with E-state index in [1.54, 1.807) is 28.6 Å². The lowest BCUT2D eigenvalue weighted by molar-refractivity contribution is -0.146. The van der Waals surface area contributed by atoms with Gasteiger partial charge in [-0.25, -0.2) is 0 Å². The van der Waals surface area contributed by atoms with Crippen LogP contribution in [0.3, 0.4) is 0 Å². The van der Waals surface area contributed by atoms with Gasteiger partial charge in [-0.05, 0) is 12.0 Å². The number of nitrogens with zero attached hydrogens (tertiary/aromatic N) is 3. The molecule has 0 radical (unpaired) electrons. The van der Waals surface area contributed by atoms with Crippen LogP contribution in [0.4, 0.5) is 0 Å². The zero-order valence-corrected chi connectivity index (χ0v) is 21.1. The Hall–Kier alpha value is -2.58. The van der Waals surface area contributed by atoms with Crippen LogP contribution in [0, 0.1) is 11.8 Å². The average Bonchev–Trinajstić information content (AvgIpc) is 3.19. The van der Waals surface area contributed by atoms with Gasteiger partial charge < -0.3 is 19.8 Å². The predicted molar refractivity (Wildman–Crippen MR) is 135 cm³/mol. The molecular formula is C27H33N3O4S. The van der Waals surface area contributed by atoms with Gasteiger partial charge in [0.2, 0.25) is 17.7 Å². The molecule has 1 spiro atoms. The minimum Gasteiger partial charge on any atom is -0.394 e. The van der Waals surface area contributed by atoms with Crippen LogP contribution >= 0.6 is 11.8 Å². The Kier molecular flexibility index (Phi) is 6.53. The highest BCUT2D eigenvalue weighted by atomic mass is 32.2. The van der Waals surface area contributed by atoms with Crippen molar-refractivity contribution in [1.82, 2.24) is 14.7 Å². The van der Waals surface area contributed by atoms with Crippen molar-refractivity contribution < 1.29 is 19.5 Å². The summed E-state index contributed by atoms with van der Waals surface area (Å²) in [6.07, 6.45) is 9.90. The largest absolute Gasteiger partial charge is 0.394 e. The third kappa shape index (κ3) is 3.73. The van der Waals surface area contributed by atoms with Crippen LogP contribution < -0.4 is 0 Å². The highest BCUT2D eigenvalue weighted by molar-refractivity contribution is 8.02. The molecule has 2 saturated heterocycles. The maximum Gasteiger partial charge on any atom is 0.247 e. The van der Waals surface area contributed by atoms with Gasteiger partial charge in [-0.3, -0.25) is 14.4 Å². The van der Waals surface area contributed by atoms with Crippen LogP contribution in [0.2, 0.25) is 0 Å². The van der Waals surface area contributed by atoms with E-state index in [4.69, 9.17) is 0 Å². The fraction of sp³-hybridized carbons (Fsp3) is 0.519. The van der Waals surface area contributed by atoms with Crippen LogP contribution in [0.25, 0.3) is 0 Å². The van der Waals surface area contributed by atoms with Crippen molar-refractivity contribution >= 4 is 29.5 Å². The van der Waals surface area contributed by atoms with Gasteiger partial charge in [-0.1, -0.05) is 68.0 Å². The van der Waals surface area contributed by atoms with Crippen LogP contribution in [0.5, 0.6) is 0 Å². The Labute approximate surface area is 210 Å². The van der Waals surface area contributed by atoms with E-state index in [1.807, 2.05) is 59.5 Å². The van der Waals surface area contributed by atoms with Gasteiger partial charge in [0.05, 0.1) is 29.2 Å². The molecule has 0 saturated carbocycles. The van der Waals surface area contributed by atoms with E-state index in [-0.39, 0.29) is 29.6 Å². The van der Waals surface area contributed by atoms with Gasteiger partial charge in [0.15, 0.2) is 0 Å². The summed E-state index contributed by atoms with van der Waals surface area (Å²) < 4.78 is -0.856. The minimum atomic E-state index is -0.856. The maximum absolute atomic E-state index is 14.3. The quantitative estimate of drug-likeness (QED) is 0.613. The highest BCUT2D eigenvalue weighted by Crippen LogP contribution is 2.62. The smallest absolute Gasteiger partial charge is 0.247 e. The third-order valence-electron chi connectivity index (χ3n) is 7.86. The Morgan fingerprint density at radius 2 is 1.86 bits per heavy atom. The van der Waals surface area contributed by atoms with Gasteiger partial charge in [-0.15, -0.1) is 11.8 Å². The summed E-state index contributed by atoms with van der Waals surface area (Å²) in [4.78, 5) is 47.1. The van der Waals surface area contributed by atoms with Gasteiger partial charge in [0.25, 0.3) is 0 Å². The highest BCUT2D eigenvalue weighted by Gasteiger charge is 2.71. The molecular weight excluding hydrogens is 462 g/mol. The molecule has 4 aliphatic rings. The minimum absolute atomic E-state index is 0.0588. The molecule has 35 heavy (non-hydrogen) atoms. The van der Waals surface area contributed by atoms with Crippen LogP contribution in [0.15, 0.2) is 54.6 Å². The van der Waals surface area contributed by atoms with Gasteiger partial charge in [0.1, 0.15) is 6.04 Å². The second-order valence-electron chi connectivity index (χ2n) is 9.88. The number of hydrogen-bond donors (Lipinski definition) is 1. The standard InChI is InChI=1S/C27H33N3O4S/c1-3-4-15-29-16-9-13-27-22(21-20(35-27)12-8-14-28(2)24(21)32)25(33)30(23(27)26(29)34)19(17-31)18-10-6-5-7-11-18/h5-13,19-23,31H,3-4,14-17H2,1-2H3/t19-,20+,21-,22+,23?,27+/m1/s1. The molecule has 186 valence electrons. The lowest BCUT2D eigenvalue weighted by atomic mass is 9.78. The number of hydrogen-bond acceptors (Lipinski definition) is 5. The number of rotatable bonds is 6. The number of carbonyl (C=O) groups is 3. The number of aliphatic hydroxyl groups is 1. The van der Waals surface area contributed by atoms with E-state index < -0.39 is 28.7 Å². The van der Waals surface area contributed by atoms with Crippen molar-refractivity contribution in [2.45, 2.75) is 41.8 Å². The summed E-state index contributed by atoms with van der Waals surface area (Å²) >= 11 is 1.58. The number of amides is 3. The van der Waals surface area contributed by atoms with E-state index in [0.29, 0.717) is 19.6 Å². The number of likely N-dealkylation sites (N-methyl/N-ethyl adjacent to an activating group) is 1. The topological polar surface area (TPSA) is 81.2 Å². The van der Waals surface area contributed by atoms with E-state index in [2.05, 4.69) is 6.92 Å². The van der Waals surface area contributed by atoms with E-state index in [0.717, 1.165) is 18.4 Å². The summed E-state index contributed by atoms with van der Waals surface area (Å²) in [6.45, 7) is 3.41. The first kappa shape index (κ1) is 24.1. The number of likely N-dealkylation sites (tertiary alicyclic amines) is 1. The monoisotopic (exact) mass is 495 g/mol. The molecule has 1 aromatic carbocycles. The van der Waals surface area contributed by atoms with E-state index >= 15 is 0 Å². The Bertz CT molecular complexity index is 1060. The average molecular weight is 496 g/mol. The maximum atomic E-state index is 14.3. The van der Waals surface area contributed by atoms with Crippen molar-refractivity contribution in [3.05, 3.63) is 60.2 Å². The third-order valence-corrected chi connectivity index (χ3v) is 9.60. The lowest BCUT2D eigenvalue weighted by Crippen LogP contribution is -2.54. The molecule has 3 amide bonds. The Balaban J connectivity index is 1.65. The summed E-state index contributed by atoms with van der Waals surface area (Å²) in [7, 11) is 1.76. The summed E-state index contributed by atoms with van der Waals surface area (Å²) in [5.74, 6) is -1.58. The molecule has 4 heterocycles. The van der Waals surface area contributed by atoms with Crippen molar-refractivity contribution in [1.29, 1.82) is 0 Å². The van der Waals surface area contributed by atoms with Crippen molar-refractivity contribution in [3.8, 4) is 0 Å². The van der Waals surface area contributed by atoms with Gasteiger partial charge in [0, 0.05) is 31.9 Å². The first-order chi connectivity index (χ1) is 16.9. The molecule has 2 fully saturated rings. The fourth-order valence-corrected chi connectivity index (χ4v) is 8.16. The molecule has 8 heteroatoms. The molecule has 1 N–H and O–H groups in total. The second kappa shape index (κ2) is 9.47. The van der Waals surface area contributed by atoms with Crippen molar-refractivity contribution in [3.63, 3.8) is 0 Å². The number of carbonyl (C=O) groups excluding carboxylic acids is 3. The molecule has 0 bridgehead atoms. The van der Waals surface area contributed by atoms with Crippen LogP contribution in [-0.2, 0) is 14.4 Å². The van der Waals surface area contributed by atoms with Crippen LogP contribution in [0.1, 0.15) is 31.4 Å². The van der Waals surface area contributed by atoms with Gasteiger partial charge in [-0.2, -0.15) is 0 Å². The summed E-state index contributed by atoms with van der Waals surface area (Å²) in [5, 5.41) is 10.3. The van der Waals surface area contributed by atoms with E-state index in [9.17, 15) is 19.5 Å². The van der Waals surface area contributed by atoms with Gasteiger partial charge >= 0.3 is 0 Å². The molecule has 6 atom stereocenters. The molecule has 1 aromatic rings. The number of aliphatic hydroxyl groups excluding tert-OH is 1. The first-order valence-corrected chi connectivity index (χ1v) is 13.4. The second-order valence-corrected chi connectivity index (χ2v) is 11.4. The zero-order valence-electron chi connectivity index (χ0n) is 20.2. The number of fused-ring (bicyclic) bond motifs is 2. The summed E-state index contributed by atoms with van der Waals surface area (Å²) in [5.41, 5.74) is 0.783. The normalized spacial score (nSPS) is 32.9. The predicted octanol–water partition coefficient (Wildman–Crippen LogP) is 2.24. The number of thioether (sulfide) groups is 1. The molecule has 0 aromatic heterocycles. The van der Waals surface area contributed by atoms with E-state index in [1.165, 1.54) is 0 Å². The Morgan fingerprint density at radius 3 is 2.57 bits per heavy atom. The molecule has 4 aliphatic heterocycles. The molecule has 7 nitrogen and oxygen atoms in total. The molecule has 0 aliphatic carbocycles. The number of benzene rings is 1. The zero-order chi connectivity index (χ0) is 24.7. The fourth-order valence-electron chi connectivity index (χ4n) is 6.16. The van der Waals surface area contributed by atoms with Crippen molar-refractivity contribution in [2.24, 2.45) is 11.8 Å². The Morgan fingerprint density at radius 1 is 1.09 bits per heavy atom. The molecule has 5 rings (SSSR count). The first-order valence-electron chi connectivity index (χ1n) is 12.5. The van der Waals surface area contributed by atoms with Crippen molar-refractivity contribution in [2.75, 3.05) is 33.3 Å². The van der Waals surface area contributed by atoms with Crippen LogP contribution in [-0.4, -0.2) is 86.9 Å². The molecule has 1 unspecified atom stereocenters. The lowest BCUT2D eigenvalue weighted by Gasteiger charge is -2.38.